The minimum atomic E-state index is -0.453. The molecule has 3 fully saturated rings. The van der Waals surface area contributed by atoms with E-state index in [1.807, 2.05) is 60.7 Å². The molecule has 3 heterocycles. The van der Waals surface area contributed by atoms with Gasteiger partial charge in [0.25, 0.3) is 0 Å². The summed E-state index contributed by atoms with van der Waals surface area (Å²) in [5.74, 6) is -0.126. The highest BCUT2D eigenvalue weighted by Gasteiger charge is 2.37. The Morgan fingerprint density at radius 1 is 1.07 bits per heavy atom. The molecule has 2 atom stereocenters. The van der Waals surface area contributed by atoms with E-state index in [0.717, 1.165) is 43.6 Å². The number of rotatable bonds is 6. The van der Waals surface area contributed by atoms with E-state index in [1.54, 1.807) is 6.21 Å². The number of aliphatic imine (C=N–C) groups is 1. The Hall–Kier alpha value is -2.46. The van der Waals surface area contributed by atoms with Crippen LogP contribution in [0.2, 0.25) is 0 Å². The molecule has 0 aliphatic carbocycles. The first kappa shape index (κ1) is 17.9. The molecule has 0 radical (unpaired) electrons. The first-order valence-corrected chi connectivity index (χ1v) is 9.81. The molecule has 3 saturated heterocycles. The maximum Gasteiger partial charge on any atom is 0.319 e. The van der Waals surface area contributed by atoms with Crippen molar-refractivity contribution in [2.24, 2.45) is 10.9 Å². The Morgan fingerprint density at radius 2 is 1.74 bits per heavy atom. The van der Waals surface area contributed by atoms with Gasteiger partial charge >= 0.3 is 5.97 Å². The molecule has 0 spiro atoms. The normalized spacial score (nSPS) is 25.4. The quantitative estimate of drug-likeness (QED) is 0.581. The van der Waals surface area contributed by atoms with Crippen LogP contribution in [0, 0.1) is 5.92 Å². The van der Waals surface area contributed by atoms with Crippen molar-refractivity contribution >= 4 is 12.2 Å². The van der Waals surface area contributed by atoms with Crippen LogP contribution in [0.25, 0.3) is 0 Å². The smallest absolute Gasteiger partial charge is 0.319 e. The van der Waals surface area contributed by atoms with Gasteiger partial charge in [0.15, 0.2) is 0 Å². The van der Waals surface area contributed by atoms with Crippen molar-refractivity contribution in [2.75, 3.05) is 19.6 Å². The fourth-order valence-corrected chi connectivity index (χ4v) is 4.06. The summed E-state index contributed by atoms with van der Waals surface area (Å²) in [7, 11) is 0. The number of benzene rings is 2. The lowest BCUT2D eigenvalue weighted by atomic mass is 9.85. The van der Waals surface area contributed by atoms with Crippen LogP contribution in [-0.4, -0.2) is 42.8 Å². The van der Waals surface area contributed by atoms with Gasteiger partial charge in [-0.2, -0.15) is 0 Å². The molecule has 140 valence electrons. The molecule has 2 bridgehead atoms. The molecule has 2 aromatic carbocycles. The van der Waals surface area contributed by atoms with Gasteiger partial charge in [-0.15, -0.1) is 0 Å². The molecule has 3 aliphatic rings. The van der Waals surface area contributed by atoms with E-state index in [0.29, 0.717) is 12.5 Å². The van der Waals surface area contributed by atoms with Crippen LogP contribution >= 0.6 is 0 Å². The molecule has 0 aromatic heterocycles. The Bertz CT molecular complexity index is 767. The second kappa shape index (κ2) is 8.49. The van der Waals surface area contributed by atoms with Crippen LogP contribution in [-0.2, 0) is 16.1 Å². The lowest BCUT2D eigenvalue weighted by Gasteiger charge is -2.44. The van der Waals surface area contributed by atoms with Crippen LogP contribution in [0.4, 0.5) is 0 Å². The van der Waals surface area contributed by atoms with Gasteiger partial charge in [0.2, 0.25) is 0 Å². The first-order chi connectivity index (χ1) is 13.3. The summed E-state index contributed by atoms with van der Waals surface area (Å²) in [5, 5.41) is 0. The molecule has 0 saturated carbocycles. The molecule has 0 amide bonds. The minimum absolute atomic E-state index is 0.0220. The molecule has 2 aromatic rings. The summed E-state index contributed by atoms with van der Waals surface area (Å²) < 4.78 is 5.97. The number of carbonyl (C=O) groups is 1. The largest absolute Gasteiger partial charge is 0.460 e. The highest BCUT2D eigenvalue weighted by molar-refractivity contribution is 5.96. The predicted molar refractivity (Wildman–Crippen MR) is 107 cm³/mol. The molecule has 0 N–H and O–H groups in total. The Labute approximate surface area is 160 Å². The van der Waals surface area contributed by atoms with Gasteiger partial charge in [-0.05, 0) is 43.0 Å². The summed E-state index contributed by atoms with van der Waals surface area (Å²) in [6.07, 6.45) is 4.05. The van der Waals surface area contributed by atoms with Gasteiger partial charge in [-0.3, -0.25) is 14.7 Å². The van der Waals surface area contributed by atoms with E-state index in [2.05, 4.69) is 9.89 Å². The molecule has 4 heteroatoms. The van der Waals surface area contributed by atoms with E-state index in [1.165, 1.54) is 0 Å². The number of esters is 1. The standard InChI is InChI=1S/C23H26N2O2/c26-23(27-22-17-25-13-11-20(22)12-14-25)21(19-9-5-2-6-10-19)16-24-15-18-7-3-1-4-8-18/h1-10,16,20-22H,11-15,17H2/t21?,22-/m0/s1. The monoisotopic (exact) mass is 362 g/mol. The zero-order valence-electron chi connectivity index (χ0n) is 15.5. The zero-order chi connectivity index (χ0) is 18.5. The van der Waals surface area contributed by atoms with Crippen LogP contribution < -0.4 is 0 Å². The average molecular weight is 362 g/mol. The van der Waals surface area contributed by atoms with Crippen molar-refractivity contribution in [3.63, 3.8) is 0 Å². The van der Waals surface area contributed by atoms with Crippen LogP contribution in [0.5, 0.6) is 0 Å². The molecule has 4 nitrogen and oxygen atoms in total. The second-order valence-electron chi connectivity index (χ2n) is 7.48. The lowest BCUT2D eigenvalue weighted by Crippen LogP contribution is -2.52. The number of carbonyl (C=O) groups excluding carboxylic acids is 1. The SMILES string of the molecule is O=C(O[C@H]1CN2CCC1CC2)C(C=NCc1ccccc1)c1ccccc1. The fourth-order valence-electron chi connectivity index (χ4n) is 4.06. The highest BCUT2D eigenvalue weighted by atomic mass is 16.5. The van der Waals surface area contributed by atoms with Crippen molar-refractivity contribution < 1.29 is 9.53 Å². The van der Waals surface area contributed by atoms with Gasteiger partial charge in [0.1, 0.15) is 12.0 Å². The summed E-state index contributed by atoms with van der Waals surface area (Å²) in [6.45, 7) is 3.72. The Morgan fingerprint density at radius 3 is 2.37 bits per heavy atom. The van der Waals surface area contributed by atoms with Gasteiger partial charge < -0.3 is 4.74 Å². The van der Waals surface area contributed by atoms with Crippen molar-refractivity contribution in [1.29, 1.82) is 0 Å². The van der Waals surface area contributed by atoms with Crippen molar-refractivity contribution in [3.05, 3.63) is 71.8 Å². The molecule has 1 unspecified atom stereocenters. The summed E-state index contributed by atoms with van der Waals surface area (Å²) in [6, 6.07) is 19.9. The van der Waals surface area contributed by atoms with Crippen LogP contribution in [0.3, 0.4) is 0 Å². The summed E-state index contributed by atoms with van der Waals surface area (Å²) in [4.78, 5) is 19.9. The molecular formula is C23H26N2O2. The van der Waals surface area contributed by atoms with Crippen molar-refractivity contribution in [3.8, 4) is 0 Å². The van der Waals surface area contributed by atoms with E-state index < -0.39 is 5.92 Å². The van der Waals surface area contributed by atoms with E-state index in [4.69, 9.17) is 4.74 Å². The van der Waals surface area contributed by atoms with E-state index >= 15 is 0 Å². The third-order valence-electron chi connectivity index (χ3n) is 5.65. The number of hydrogen-bond donors (Lipinski definition) is 0. The fraction of sp³-hybridized carbons (Fsp3) is 0.391. The predicted octanol–water partition coefficient (Wildman–Crippen LogP) is 3.68. The number of piperidine rings is 3. The van der Waals surface area contributed by atoms with Gasteiger partial charge in [-0.25, -0.2) is 0 Å². The highest BCUT2D eigenvalue weighted by Crippen LogP contribution is 2.30. The van der Waals surface area contributed by atoms with Crippen molar-refractivity contribution in [2.45, 2.75) is 31.4 Å². The molecule has 3 aliphatic heterocycles. The number of ether oxygens (including phenoxy) is 1. The van der Waals surface area contributed by atoms with Gasteiger partial charge in [0.05, 0.1) is 6.54 Å². The maximum atomic E-state index is 13.0. The molecular weight excluding hydrogens is 336 g/mol. The average Bonchev–Trinajstić information content (AvgIpc) is 2.73. The number of hydrogen-bond acceptors (Lipinski definition) is 4. The third kappa shape index (κ3) is 4.45. The summed E-state index contributed by atoms with van der Waals surface area (Å²) in [5.41, 5.74) is 2.06. The van der Waals surface area contributed by atoms with E-state index in [-0.39, 0.29) is 12.1 Å². The molecule has 5 rings (SSSR count). The van der Waals surface area contributed by atoms with Gasteiger partial charge in [-0.1, -0.05) is 60.7 Å². The lowest BCUT2D eigenvalue weighted by molar-refractivity contribution is -0.158. The Kier molecular flexibility index (Phi) is 5.64. The number of nitrogens with zero attached hydrogens (tertiary/aromatic N) is 2. The second-order valence-corrected chi connectivity index (χ2v) is 7.48. The topological polar surface area (TPSA) is 41.9 Å². The van der Waals surface area contributed by atoms with Crippen LogP contribution in [0.1, 0.15) is 29.9 Å². The number of fused-ring (bicyclic) bond motifs is 3. The third-order valence-corrected chi connectivity index (χ3v) is 5.65. The summed E-state index contributed by atoms with van der Waals surface area (Å²) >= 11 is 0. The maximum absolute atomic E-state index is 13.0. The van der Waals surface area contributed by atoms with Gasteiger partial charge in [0, 0.05) is 12.8 Å². The zero-order valence-corrected chi connectivity index (χ0v) is 15.5. The van der Waals surface area contributed by atoms with Crippen LogP contribution in [0.15, 0.2) is 65.7 Å². The first-order valence-electron chi connectivity index (χ1n) is 9.81. The van der Waals surface area contributed by atoms with E-state index in [9.17, 15) is 4.79 Å². The molecule has 27 heavy (non-hydrogen) atoms. The minimum Gasteiger partial charge on any atom is -0.460 e. The Balaban J connectivity index is 1.46. The van der Waals surface area contributed by atoms with Crippen molar-refractivity contribution in [1.82, 2.24) is 4.90 Å².